The maximum atomic E-state index is 13.1. The number of fused-ring (bicyclic) bond motifs is 2. The molecule has 2 aliphatic heterocycles. The first-order valence-electron chi connectivity index (χ1n) is 9.53. The summed E-state index contributed by atoms with van der Waals surface area (Å²) in [5, 5.41) is 4.31. The standard InChI is InChI=1S/C20H21N5O3/c1-13-9-15(25-20(23-13)21-12-22-25)14-5-4-8-24(10-14)19(26)18-11-27-16-6-2-3-7-17(16)28-18/h2-3,6-7,9,12,14,18H,4-5,8,10-11H2,1H3/t14?,18-/m1/s1. The molecule has 0 saturated carbocycles. The molecule has 1 saturated heterocycles. The molecule has 3 aromatic rings. The third kappa shape index (κ3) is 2.94. The molecule has 28 heavy (non-hydrogen) atoms. The zero-order valence-corrected chi connectivity index (χ0v) is 15.6. The number of hydrogen-bond acceptors (Lipinski definition) is 6. The van der Waals surface area contributed by atoms with Crippen molar-refractivity contribution in [1.29, 1.82) is 0 Å². The first-order chi connectivity index (χ1) is 13.7. The minimum absolute atomic E-state index is 0.0279. The second-order valence-electron chi connectivity index (χ2n) is 7.28. The number of aryl methyl sites for hydroxylation is 1. The van der Waals surface area contributed by atoms with Gasteiger partial charge in [-0.15, -0.1) is 0 Å². The van der Waals surface area contributed by atoms with Crippen molar-refractivity contribution in [2.45, 2.75) is 31.8 Å². The highest BCUT2D eigenvalue weighted by Crippen LogP contribution is 2.32. The lowest BCUT2D eigenvalue weighted by molar-refractivity contribution is -0.142. The van der Waals surface area contributed by atoms with Crippen LogP contribution >= 0.6 is 0 Å². The summed E-state index contributed by atoms with van der Waals surface area (Å²) in [5.41, 5.74) is 1.95. The Balaban J connectivity index is 1.36. The van der Waals surface area contributed by atoms with E-state index in [1.165, 1.54) is 6.33 Å². The second-order valence-corrected chi connectivity index (χ2v) is 7.28. The minimum Gasteiger partial charge on any atom is -0.485 e. The number of amides is 1. The summed E-state index contributed by atoms with van der Waals surface area (Å²) in [6.45, 7) is 3.54. The third-order valence-electron chi connectivity index (χ3n) is 5.34. The highest BCUT2D eigenvalue weighted by Gasteiger charge is 2.34. The van der Waals surface area contributed by atoms with Crippen molar-refractivity contribution in [1.82, 2.24) is 24.5 Å². The largest absolute Gasteiger partial charge is 0.485 e. The van der Waals surface area contributed by atoms with Gasteiger partial charge in [0.2, 0.25) is 6.10 Å². The average Bonchev–Trinajstić information content (AvgIpc) is 3.20. The van der Waals surface area contributed by atoms with Gasteiger partial charge in [-0.3, -0.25) is 4.79 Å². The molecule has 1 aromatic carbocycles. The molecule has 1 unspecified atom stereocenters. The van der Waals surface area contributed by atoms with Crippen molar-refractivity contribution in [3.05, 3.63) is 48.0 Å². The number of aromatic nitrogens is 4. The van der Waals surface area contributed by atoms with E-state index in [-0.39, 0.29) is 18.4 Å². The monoisotopic (exact) mass is 379 g/mol. The van der Waals surface area contributed by atoms with Gasteiger partial charge in [0, 0.05) is 24.7 Å². The van der Waals surface area contributed by atoms with E-state index in [1.807, 2.05) is 42.2 Å². The lowest BCUT2D eigenvalue weighted by Crippen LogP contribution is -2.49. The normalized spacial score (nSPS) is 21.7. The van der Waals surface area contributed by atoms with Crippen LogP contribution in [0.3, 0.4) is 0 Å². The zero-order chi connectivity index (χ0) is 19.1. The molecule has 1 fully saturated rings. The van der Waals surface area contributed by atoms with Crippen molar-refractivity contribution in [3.63, 3.8) is 0 Å². The molecule has 0 radical (unpaired) electrons. The predicted molar refractivity (Wildman–Crippen MR) is 100 cm³/mol. The number of rotatable bonds is 2. The van der Waals surface area contributed by atoms with Crippen LogP contribution in [0, 0.1) is 6.92 Å². The van der Waals surface area contributed by atoms with Crippen LogP contribution in [0.25, 0.3) is 5.78 Å². The van der Waals surface area contributed by atoms with E-state index >= 15 is 0 Å². The Hall–Kier alpha value is -3.16. The summed E-state index contributed by atoms with van der Waals surface area (Å²) >= 11 is 0. The minimum atomic E-state index is -0.612. The van der Waals surface area contributed by atoms with Crippen LogP contribution in [-0.4, -0.2) is 56.2 Å². The highest BCUT2D eigenvalue weighted by molar-refractivity contribution is 5.82. The quantitative estimate of drug-likeness (QED) is 0.677. The Morgan fingerprint density at radius 1 is 1.25 bits per heavy atom. The molecule has 2 aliphatic rings. The summed E-state index contributed by atoms with van der Waals surface area (Å²) in [4.78, 5) is 23.6. The molecule has 2 atom stereocenters. The molecule has 144 valence electrons. The van der Waals surface area contributed by atoms with E-state index in [0.717, 1.165) is 30.8 Å². The Labute approximate surface area is 162 Å². The third-order valence-corrected chi connectivity index (χ3v) is 5.34. The van der Waals surface area contributed by atoms with E-state index < -0.39 is 6.10 Å². The Morgan fingerprint density at radius 3 is 3.00 bits per heavy atom. The van der Waals surface area contributed by atoms with Gasteiger partial charge in [-0.1, -0.05) is 12.1 Å². The van der Waals surface area contributed by atoms with E-state index in [4.69, 9.17) is 9.47 Å². The molecule has 1 amide bonds. The molecule has 0 aliphatic carbocycles. The van der Waals surface area contributed by atoms with Crippen LogP contribution in [0.5, 0.6) is 11.5 Å². The molecule has 2 aromatic heterocycles. The van der Waals surface area contributed by atoms with E-state index in [1.54, 1.807) is 4.52 Å². The number of hydrogen-bond donors (Lipinski definition) is 0. The van der Waals surface area contributed by atoms with Gasteiger partial charge in [0.15, 0.2) is 11.5 Å². The van der Waals surface area contributed by atoms with Crippen LogP contribution in [-0.2, 0) is 4.79 Å². The molecule has 5 rings (SSSR count). The van der Waals surface area contributed by atoms with Gasteiger partial charge in [-0.25, -0.2) is 9.50 Å². The molecular formula is C20H21N5O3. The first-order valence-corrected chi connectivity index (χ1v) is 9.53. The number of para-hydroxylation sites is 2. The summed E-state index contributed by atoms with van der Waals surface area (Å²) in [7, 11) is 0. The maximum absolute atomic E-state index is 13.1. The van der Waals surface area contributed by atoms with Gasteiger partial charge in [0.05, 0.1) is 5.69 Å². The Bertz CT molecular complexity index is 1030. The fraction of sp³-hybridized carbons (Fsp3) is 0.400. The SMILES string of the molecule is Cc1cc(C2CCCN(C(=O)[C@H]3COc4ccccc4O3)C2)n2ncnc2n1. The number of likely N-dealkylation sites (tertiary alicyclic amines) is 1. The Morgan fingerprint density at radius 2 is 2.11 bits per heavy atom. The number of ether oxygens (including phenoxy) is 2. The van der Waals surface area contributed by atoms with Crippen molar-refractivity contribution in [3.8, 4) is 11.5 Å². The maximum Gasteiger partial charge on any atom is 0.267 e. The van der Waals surface area contributed by atoms with Crippen molar-refractivity contribution in [2.75, 3.05) is 19.7 Å². The highest BCUT2D eigenvalue weighted by atomic mass is 16.6. The average molecular weight is 379 g/mol. The van der Waals surface area contributed by atoms with Crippen LogP contribution in [0.15, 0.2) is 36.7 Å². The smallest absolute Gasteiger partial charge is 0.267 e. The fourth-order valence-corrected chi connectivity index (χ4v) is 4.01. The molecule has 0 bridgehead atoms. The molecular weight excluding hydrogens is 358 g/mol. The zero-order valence-electron chi connectivity index (χ0n) is 15.6. The summed E-state index contributed by atoms with van der Waals surface area (Å²) in [6.07, 6.45) is 2.83. The molecule has 4 heterocycles. The van der Waals surface area contributed by atoms with Crippen LogP contribution < -0.4 is 9.47 Å². The molecule has 0 spiro atoms. The number of piperidine rings is 1. The van der Waals surface area contributed by atoms with E-state index in [2.05, 4.69) is 15.1 Å². The first kappa shape index (κ1) is 17.0. The van der Waals surface area contributed by atoms with Gasteiger partial charge < -0.3 is 14.4 Å². The van der Waals surface area contributed by atoms with Gasteiger partial charge in [0.1, 0.15) is 12.9 Å². The van der Waals surface area contributed by atoms with Gasteiger partial charge in [-0.2, -0.15) is 10.1 Å². The van der Waals surface area contributed by atoms with Gasteiger partial charge in [-0.05, 0) is 38.0 Å². The summed E-state index contributed by atoms with van der Waals surface area (Å²) < 4.78 is 13.4. The van der Waals surface area contributed by atoms with Crippen molar-refractivity contribution in [2.24, 2.45) is 0 Å². The van der Waals surface area contributed by atoms with E-state index in [9.17, 15) is 4.79 Å². The van der Waals surface area contributed by atoms with Crippen LogP contribution in [0.1, 0.15) is 30.1 Å². The van der Waals surface area contributed by atoms with Crippen molar-refractivity contribution >= 4 is 11.7 Å². The molecule has 8 heteroatoms. The van der Waals surface area contributed by atoms with Crippen molar-refractivity contribution < 1.29 is 14.3 Å². The molecule has 8 nitrogen and oxygen atoms in total. The van der Waals surface area contributed by atoms with Gasteiger partial charge >= 0.3 is 0 Å². The van der Waals surface area contributed by atoms with E-state index in [0.29, 0.717) is 23.8 Å². The summed E-state index contributed by atoms with van der Waals surface area (Å²) in [6, 6.07) is 9.48. The number of carbonyl (C=O) groups excluding carboxylic acids is 1. The van der Waals surface area contributed by atoms with Gasteiger partial charge in [0.25, 0.3) is 11.7 Å². The second kappa shape index (κ2) is 6.78. The number of nitrogens with zero attached hydrogens (tertiary/aromatic N) is 5. The fourth-order valence-electron chi connectivity index (χ4n) is 4.01. The number of carbonyl (C=O) groups is 1. The topological polar surface area (TPSA) is 81.9 Å². The van der Waals surface area contributed by atoms with Crippen LogP contribution in [0.4, 0.5) is 0 Å². The lowest BCUT2D eigenvalue weighted by Gasteiger charge is -2.36. The van der Waals surface area contributed by atoms with Crippen LogP contribution in [0.2, 0.25) is 0 Å². The predicted octanol–water partition coefficient (Wildman–Crippen LogP) is 1.98. The Kier molecular flexibility index (Phi) is 4.11. The summed E-state index contributed by atoms with van der Waals surface area (Å²) in [5.74, 6) is 2.05. The molecule has 0 N–H and O–H groups in total. The lowest BCUT2D eigenvalue weighted by atomic mass is 9.93. The number of benzene rings is 1.